The van der Waals surface area contributed by atoms with Gasteiger partial charge < -0.3 is 4.90 Å². The summed E-state index contributed by atoms with van der Waals surface area (Å²) in [7, 11) is 0. The van der Waals surface area contributed by atoms with Crippen LogP contribution in [-0.2, 0) is 4.79 Å². The van der Waals surface area contributed by atoms with E-state index in [9.17, 15) is 13.6 Å². The molecule has 1 aromatic carbocycles. The van der Waals surface area contributed by atoms with Crippen LogP contribution < -0.4 is 4.90 Å². The Morgan fingerprint density at radius 1 is 1.24 bits per heavy atom. The maximum absolute atomic E-state index is 13.7. The summed E-state index contributed by atoms with van der Waals surface area (Å²) in [6.07, 6.45) is 1.23. The van der Waals surface area contributed by atoms with E-state index in [1.54, 1.807) is 24.0 Å². The van der Waals surface area contributed by atoms with Crippen LogP contribution in [0.15, 0.2) is 18.2 Å². The van der Waals surface area contributed by atoms with Crippen molar-refractivity contribution in [2.75, 3.05) is 24.5 Å². The van der Waals surface area contributed by atoms with Gasteiger partial charge in [-0.05, 0) is 50.4 Å². The van der Waals surface area contributed by atoms with E-state index in [-0.39, 0.29) is 17.8 Å². The normalized spacial score (nSPS) is 27.4. The SMILES string of the molecule is Cc1ccc(N2CCC(N3CCCC(F)C3)C2=O)cc1F. The molecule has 0 bridgehead atoms. The Bertz CT molecular complexity index is 549. The van der Waals surface area contributed by atoms with Gasteiger partial charge in [-0.2, -0.15) is 0 Å². The first-order valence-corrected chi connectivity index (χ1v) is 7.52. The van der Waals surface area contributed by atoms with Crippen LogP contribution in [-0.4, -0.2) is 42.7 Å². The van der Waals surface area contributed by atoms with Crippen molar-refractivity contribution < 1.29 is 13.6 Å². The number of alkyl halides is 1. The molecule has 3 nitrogen and oxygen atoms in total. The zero-order valence-electron chi connectivity index (χ0n) is 12.2. The molecule has 21 heavy (non-hydrogen) atoms. The molecule has 0 aromatic heterocycles. The highest BCUT2D eigenvalue weighted by molar-refractivity contribution is 5.99. The predicted octanol–water partition coefficient (Wildman–Crippen LogP) is 2.67. The summed E-state index contributed by atoms with van der Waals surface area (Å²) < 4.78 is 27.2. The second kappa shape index (κ2) is 5.72. The minimum Gasteiger partial charge on any atom is -0.311 e. The van der Waals surface area contributed by atoms with Crippen molar-refractivity contribution in [2.24, 2.45) is 0 Å². The molecule has 2 fully saturated rings. The van der Waals surface area contributed by atoms with Crippen LogP contribution in [0.3, 0.4) is 0 Å². The van der Waals surface area contributed by atoms with Crippen molar-refractivity contribution >= 4 is 11.6 Å². The maximum atomic E-state index is 13.7. The molecule has 2 atom stereocenters. The first-order valence-electron chi connectivity index (χ1n) is 7.52. The Balaban J connectivity index is 1.75. The molecule has 2 aliphatic heterocycles. The van der Waals surface area contributed by atoms with Crippen LogP contribution in [0.1, 0.15) is 24.8 Å². The maximum Gasteiger partial charge on any atom is 0.244 e. The summed E-state index contributed by atoms with van der Waals surface area (Å²) in [4.78, 5) is 16.1. The minimum atomic E-state index is -0.836. The molecule has 1 aromatic rings. The average Bonchev–Trinajstić information content (AvgIpc) is 2.84. The molecule has 0 aliphatic carbocycles. The fraction of sp³-hybridized carbons (Fsp3) is 0.562. The standard InChI is InChI=1S/C16H20F2N2O/c1-11-4-5-13(9-14(11)18)20-8-6-15(16(20)21)19-7-2-3-12(17)10-19/h4-5,9,12,15H,2-3,6-8,10H2,1H3. The average molecular weight is 294 g/mol. The molecule has 0 N–H and O–H groups in total. The molecular weight excluding hydrogens is 274 g/mol. The first-order chi connectivity index (χ1) is 10.1. The number of amides is 1. The highest BCUT2D eigenvalue weighted by Gasteiger charge is 2.38. The number of likely N-dealkylation sites (tertiary alicyclic amines) is 1. The van der Waals surface area contributed by atoms with Gasteiger partial charge in [0.2, 0.25) is 5.91 Å². The lowest BCUT2D eigenvalue weighted by molar-refractivity contribution is -0.122. The van der Waals surface area contributed by atoms with Gasteiger partial charge in [-0.25, -0.2) is 8.78 Å². The van der Waals surface area contributed by atoms with E-state index >= 15 is 0 Å². The number of hydrogen-bond acceptors (Lipinski definition) is 2. The topological polar surface area (TPSA) is 23.6 Å². The number of aryl methyl sites for hydroxylation is 1. The number of piperidine rings is 1. The first kappa shape index (κ1) is 14.4. The summed E-state index contributed by atoms with van der Waals surface area (Å²) in [6.45, 7) is 3.38. The van der Waals surface area contributed by atoms with E-state index in [1.165, 1.54) is 6.07 Å². The molecule has 3 rings (SSSR count). The molecule has 114 valence electrons. The van der Waals surface area contributed by atoms with E-state index in [0.717, 1.165) is 13.0 Å². The van der Waals surface area contributed by atoms with Crippen LogP contribution in [0.25, 0.3) is 0 Å². The van der Waals surface area contributed by atoms with Gasteiger partial charge in [-0.15, -0.1) is 0 Å². The smallest absolute Gasteiger partial charge is 0.244 e. The van der Waals surface area contributed by atoms with Crippen LogP contribution in [0.5, 0.6) is 0 Å². The Labute approximate surface area is 123 Å². The molecule has 0 spiro atoms. The second-order valence-corrected chi connectivity index (χ2v) is 5.96. The largest absolute Gasteiger partial charge is 0.311 e. The van der Waals surface area contributed by atoms with Gasteiger partial charge in [0.05, 0.1) is 6.04 Å². The van der Waals surface area contributed by atoms with Crippen molar-refractivity contribution in [3.63, 3.8) is 0 Å². The summed E-state index contributed by atoms with van der Waals surface area (Å²) >= 11 is 0. The number of hydrogen-bond donors (Lipinski definition) is 0. The second-order valence-electron chi connectivity index (χ2n) is 5.96. The summed E-state index contributed by atoms with van der Waals surface area (Å²) in [5.74, 6) is -0.335. The third-order valence-electron chi connectivity index (χ3n) is 4.48. The Hall–Kier alpha value is -1.49. The molecule has 1 amide bonds. The highest BCUT2D eigenvalue weighted by atomic mass is 19.1. The van der Waals surface area contributed by atoms with E-state index < -0.39 is 6.17 Å². The Kier molecular flexibility index (Phi) is 3.93. The molecular formula is C16H20F2N2O. The zero-order chi connectivity index (χ0) is 15.0. The summed E-state index contributed by atoms with van der Waals surface area (Å²) in [5, 5.41) is 0. The molecule has 5 heteroatoms. The summed E-state index contributed by atoms with van der Waals surface area (Å²) in [6, 6.07) is 4.60. The van der Waals surface area contributed by atoms with E-state index in [1.807, 2.05) is 4.90 Å². The van der Waals surface area contributed by atoms with Gasteiger partial charge in [-0.1, -0.05) is 6.07 Å². The van der Waals surface area contributed by atoms with Gasteiger partial charge in [0.1, 0.15) is 12.0 Å². The van der Waals surface area contributed by atoms with Crippen LogP contribution in [0, 0.1) is 12.7 Å². The fourth-order valence-electron chi connectivity index (χ4n) is 3.25. The molecule has 0 saturated carbocycles. The quantitative estimate of drug-likeness (QED) is 0.837. The molecule has 2 heterocycles. The Morgan fingerprint density at radius 2 is 2.05 bits per heavy atom. The van der Waals surface area contributed by atoms with Crippen molar-refractivity contribution in [3.8, 4) is 0 Å². The van der Waals surface area contributed by atoms with Gasteiger partial charge in [0, 0.05) is 18.8 Å². The van der Waals surface area contributed by atoms with Crippen LogP contribution in [0.4, 0.5) is 14.5 Å². The lowest BCUT2D eigenvalue weighted by Crippen LogP contribution is -2.47. The van der Waals surface area contributed by atoms with Crippen LogP contribution >= 0.6 is 0 Å². The van der Waals surface area contributed by atoms with E-state index in [2.05, 4.69) is 0 Å². The molecule has 2 unspecified atom stereocenters. The molecule has 0 radical (unpaired) electrons. The van der Waals surface area contributed by atoms with Gasteiger partial charge in [0.15, 0.2) is 0 Å². The fourth-order valence-corrected chi connectivity index (χ4v) is 3.25. The minimum absolute atomic E-state index is 0.0349. The number of halogens is 2. The monoisotopic (exact) mass is 294 g/mol. The van der Waals surface area contributed by atoms with Crippen molar-refractivity contribution in [1.82, 2.24) is 4.90 Å². The van der Waals surface area contributed by atoms with Crippen LogP contribution in [0.2, 0.25) is 0 Å². The third-order valence-corrected chi connectivity index (χ3v) is 4.48. The number of benzene rings is 1. The number of rotatable bonds is 2. The van der Waals surface area contributed by atoms with Crippen molar-refractivity contribution in [1.29, 1.82) is 0 Å². The zero-order valence-corrected chi connectivity index (χ0v) is 12.2. The summed E-state index contributed by atoms with van der Waals surface area (Å²) in [5.41, 5.74) is 1.16. The predicted molar refractivity (Wildman–Crippen MR) is 77.6 cm³/mol. The van der Waals surface area contributed by atoms with Gasteiger partial charge in [-0.3, -0.25) is 9.69 Å². The Morgan fingerprint density at radius 3 is 2.76 bits per heavy atom. The highest BCUT2D eigenvalue weighted by Crippen LogP contribution is 2.27. The van der Waals surface area contributed by atoms with Gasteiger partial charge in [0.25, 0.3) is 0 Å². The van der Waals surface area contributed by atoms with Crippen molar-refractivity contribution in [2.45, 2.75) is 38.4 Å². The number of carbonyl (C=O) groups excluding carboxylic acids is 1. The molecule has 2 aliphatic rings. The van der Waals surface area contributed by atoms with E-state index in [4.69, 9.17) is 0 Å². The van der Waals surface area contributed by atoms with E-state index in [0.29, 0.717) is 37.2 Å². The number of nitrogens with zero attached hydrogens (tertiary/aromatic N) is 2. The lowest BCUT2D eigenvalue weighted by atomic mass is 10.1. The number of carbonyl (C=O) groups is 1. The third kappa shape index (κ3) is 2.79. The molecule has 2 saturated heterocycles. The number of anilines is 1. The van der Waals surface area contributed by atoms with Gasteiger partial charge >= 0.3 is 0 Å². The van der Waals surface area contributed by atoms with Crippen molar-refractivity contribution in [3.05, 3.63) is 29.6 Å². The lowest BCUT2D eigenvalue weighted by Gasteiger charge is -2.32.